The number of aromatic hydroxyl groups is 1. The molecule has 18 heavy (non-hydrogen) atoms. The molecule has 92 valence electrons. The molecule has 2 aromatic rings. The molecule has 1 amide bonds. The van der Waals surface area contributed by atoms with Crippen LogP contribution in [0.5, 0.6) is 5.75 Å². The lowest BCUT2D eigenvalue weighted by atomic mass is 10.2. The summed E-state index contributed by atoms with van der Waals surface area (Å²) in [6, 6.07) is 11.2. The average Bonchev–Trinajstić information content (AvgIpc) is 2.34. The number of rotatable bonds is 2. The molecule has 0 aliphatic rings. The number of nitrogen functional groups attached to an aromatic ring is 1. The van der Waals surface area contributed by atoms with Crippen LogP contribution in [0.15, 0.2) is 42.5 Å². The van der Waals surface area contributed by atoms with Crippen molar-refractivity contribution in [3.63, 3.8) is 0 Å². The lowest BCUT2D eigenvalue weighted by Crippen LogP contribution is -2.13. The number of phenols is 1. The molecule has 0 fully saturated rings. The maximum absolute atomic E-state index is 12.0. The Morgan fingerprint density at radius 3 is 2.56 bits per heavy atom. The lowest BCUT2D eigenvalue weighted by molar-refractivity contribution is 0.102. The summed E-state index contributed by atoms with van der Waals surface area (Å²) >= 11 is 5.94. The van der Waals surface area contributed by atoms with Crippen molar-refractivity contribution in [3.8, 4) is 5.75 Å². The van der Waals surface area contributed by atoms with Gasteiger partial charge in [-0.2, -0.15) is 0 Å². The second-order valence-electron chi connectivity index (χ2n) is 3.68. The zero-order chi connectivity index (χ0) is 13.1. The minimum absolute atomic E-state index is 0.0966. The maximum atomic E-state index is 12.0. The van der Waals surface area contributed by atoms with E-state index in [0.29, 0.717) is 16.4 Å². The molecule has 0 heterocycles. The Balaban J connectivity index is 2.30. The third kappa shape index (κ3) is 2.38. The Kier molecular flexibility index (Phi) is 3.39. The Morgan fingerprint density at radius 1 is 1.17 bits per heavy atom. The fraction of sp³-hybridized carbons (Fsp3) is 0. The van der Waals surface area contributed by atoms with Crippen molar-refractivity contribution in [1.29, 1.82) is 0 Å². The van der Waals surface area contributed by atoms with E-state index in [0.717, 1.165) is 0 Å². The Hall–Kier alpha value is -2.20. The molecule has 4 N–H and O–H groups in total. The van der Waals surface area contributed by atoms with Crippen LogP contribution in [0.2, 0.25) is 5.02 Å². The molecule has 0 unspecified atom stereocenters. The third-order valence-corrected chi connectivity index (χ3v) is 2.75. The fourth-order valence-corrected chi connectivity index (χ4v) is 1.75. The van der Waals surface area contributed by atoms with Gasteiger partial charge in [-0.25, -0.2) is 0 Å². The molecule has 0 aliphatic carbocycles. The average molecular weight is 263 g/mol. The van der Waals surface area contributed by atoms with Crippen molar-refractivity contribution < 1.29 is 9.90 Å². The number of nitrogens with two attached hydrogens (primary N) is 1. The second kappa shape index (κ2) is 4.98. The van der Waals surface area contributed by atoms with Crippen molar-refractivity contribution >= 4 is 28.9 Å². The van der Waals surface area contributed by atoms with Crippen molar-refractivity contribution in [2.45, 2.75) is 0 Å². The Labute approximate surface area is 109 Å². The van der Waals surface area contributed by atoms with E-state index >= 15 is 0 Å². The molecular weight excluding hydrogens is 252 g/mol. The highest BCUT2D eigenvalue weighted by Gasteiger charge is 2.13. The predicted octanol–water partition coefficient (Wildman–Crippen LogP) is 2.88. The lowest BCUT2D eigenvalue weighted by Gasteiger charge is -2.10. The maximum Gasteiger partial charge on any atom is 0.259 e. The van der Waals surface area contributed by atoms with Gasteiger partial charge >= 0.3 is 0 Å². The van der Waals surface area contributed by atoms with E-state index in [1.807, 2.05) is 0 Å². The SMILES string of the molecule is Nc1cccc(Cl)c1NC(=O)c1ccccc1O. The van der Waals surface area contributed by atoms with Crippen LogP contribution in [0.4, 0.5) is 11.4 Å². The van der Waals surface area contributed by atoms with Crippen LogP contribution in [0, 0.1) is 0 Å². The third-order valence-electron chi connectivity index (χ3n) is 2.43. The molecule has 0 atom stereocenters. The topological polar surface area (TPSA) is 75.3 Å². The highest BCUT2D eigenvalue weighted by atomic mass is 35.5. The van der Waals surface area contributed by atoms with Gasteiger partial charge in [-0.15, -0.1) is 0 Å². The van der Waals surface area contributed by atoms with E-state index < -0.39 is 5.91 Å². The summed E-state index contributed by atoms with van der Waals surface area (Å²) in [5, 5.41) is 12.5. The Bertz CT molecular complexity index is 579. The van der Waals surface area contributed by atoms with Crippen molar-refractivity contribution in [1.82, 2.24) is 0 Å². The number of benzene rings is 2. The number of carbonyl (C=O) groups is 1. The van der Waals surface area contributed by atoms with Crippen molar-refractivity contribution in [3.05, 3.63) is 53.1 Å². The van der Waals surface area contributed by atoms with Crippen LogP contribution < -0.4 is 11.1 Å². The number of halogens is 1. The van der Waals surface area contributed by atoms with E-state index in [4.69, 9.17) is 17.3 Å². The van der Waals surface area contributed by atoms with Crippen LogP contribution in [0.3, 0.4) is 0 Å². The number of nitrogens with one attached hydrogen (secondary N) is 1. The summed E-state index contributed by atoms with van der Waals surface area (Å²) in [5.41, 5.74) is 6.59. The summed E-state index contributed by atoms with van der Waals surface area (Å²) in [6.07, 6.45) is 0. The van der Waals surface area contributed by atoms with E-state index in [1.165, 1.54) is 12.1 Å². The smallest absolute Gasteiger partial charge is 0.259 e. The van der Waals surface area contributed by atoms with Crippen LogP contribution in [-0.2, 0) is 0 Å². The molecule has 0 aromatic heterocycles. The molecule has 0 bridgehead atoms. The number of phenolic OH excluding ortho intramolecular Hbond substituents is 1. The number of carbonyl (C=O) groups excluding carboxylic acids is 1. The van der Waals surface area contributed by atoms with E-state index in [1.54, 1.807) is 30.3 Å². The zero-order valence-electron chi connectivity index (χ0n) is 9.35. The predicted molar refractivity (Wildman–Crippen MR) is 71.9 cm³/mol. The van der Waals surface area contributed by atoms with Gasteiger partial charge in [0.25, 0.3) is 5.91 Å². The number of hydrogen-bond acceptors (Lipinski definition) is 3. The van der Waals surface area contributed by atoms with E-state index in [-0.39, 0.29) is 11.3 Å². The first kappa shape index (κ1) is 12.3. The standard InChI is InChI=1S/C13H11ClN2O2/c14-9-5-3-6-10(15)12(9)16-13(18)8-4-1-2-7-11(8)17/h1-7,17H,15H2,(H,16,18). The number of anilines is 2. The van der Waals surface area contributed by atoms with Gasteiger partial charge in [-0.3, -0.25) is 4.79 Å². The normalized spacial score (nSPS) is 10.1. The second-order valence-corrected chi connectivity index (χ2v) is 4.08. The number of amides is 1. The van der Waals surface area contributed by atoms with Crippen LogP contribution in [0.25, 0.3) is 0 Å². The van der Waals surface area contributed by atoms with Gasteiger partial charge in [-0.05, 0) is 24.3 Å². The molecule has 0 saturated carbocycles. The van der Waals surface area contributed by atoms with Crippen LogP contribution >= 0.6 is 11.6 Å². The summed E-state index contributed by atoms with van der Waals surface area (Å²) < 4.78 is 0. The monoisotopic (exact) mass is 262 g/mol. The zero-order valence-corrected chi connectivity index (χ0v) is 10.1. The first-order valence-corrected chi connectivity index (χ1v) is 5.60. The van der Waals surface area contributed by atoms with Crippen molar-refractivity contribution in [2.24, 2.45) is 0 Å². The molecule has 2 aromatic carbocycles. The van der Waals surface area contributed by atoms with Gasteiger partial charge in [0.15, 0.2) is 0 Å². The minimum Gasteiger partial charge on any atom is -0.507 e. The Morgan fingerprint density at radius 2 is 1.89 bits per heavy atom. The van der Waals surface area contributed by atoms with Gasteiger partial charge in [0.2, 0.25) is 0 Å². The molecule has 0 spiro atoms. The van der Waals surface area contributed by atoms with Gasteiger partial charge in [0.1, 0.15) is 5.75 Å². The molecule has 2 rings (SSSR count). The molecule has 0 saturated heterocycles. The highest BCUT2D eigenvalue weighted by molar-refractivity contribution is 6.34. The molecule has 0 aliphatic heterocycles. The molecule has 4 nitrogen and oxygen atoms in total. The molecular formula is C13H11ClN2O2. The van der Waals surface area contributed by atoms with E-state index in [2.05, 4.69) is 5.32 Å². The summed E-state index contributed by atoms with van der Waals surface area (Å²) in [5.74, 6) is -0.562. The van der Waals surface area contributed by atoms with Crippen LogP contribution in [-0.4, -0.2) is 11.0 Å². The van der Waals surface area contributed by atoms with Crippen molar-refractivity contribution in [2.75, 3.05) is 11.1 Å². The number of para-hydroxylation sites is 2. The van der Waals surface area contributed by atoms with E-state index in [9.17, 15) is 9.90 Å². The highest BCUT2D eigenvalue weighted by Crippen LogP contribution is 2.29. The van der Waals surface area contributed by atoms with Gasteiger partial charge < -0.3 is 16.2 Å². The summed E-state index contributed by atoms with van der Waals surface area (Å²) in [4.78, 5) is 12.0. The minimum atomic E-state index is -0.465. The summed E-state index contributed by atoms with van der Waals surface area (Å²) in [7, 11) is 0. The van der Waals surface area contributed by atoms with Gasteiger partial charge in [0.05, 0.1) is 22.0 Å². The first-order chi connectivity index (χ1) is 8.59. The quantitative estimate of drug-likeness (QED) is 0.729. The molecule has 0 radical (unpaired) electrons. The van der Waals surface area contributed by atoms with Crippen LogP contribution in [0.1, 0.15) is 10.4 Å². The molecule has 5 heteroatoms. The number of hydrogen-bond donors (Lipinski definition) is 3. The first-order valence-electron chi connectivity index (χ1n) is 5.23. The van der Waals surface area contributed by atoms with Gasteiger partial charge in [-0.1, -0.05) is 29.8 Å². The fourth-order valence-electron chi connectivity index (χ4n) is 1.52. The largest absolute Gasteiger partial charge is 0.507 e. The van der Waals surface area contributed by atoms with Gasteiger partial charge in [0, 0.05) is 0 Å². The summed E-state index contributed by atoms with van der Waals surface area (Å²) in [6.45, 7) is 0.